The molecule has 1 aromatic heterocycles. The average Bonchev–Trinajstić information content (AvgIpc) is 3.41. The molecule has 0 radical (unpaired) electrons. The highest BCUT2D eigenvalue weighted by atomic mass is 32.2. The maximum absolute atomic E-state index is 12.2. The molecule has 2 N–H and O–H groups in total. The van der Waals surface area contributed by atoms with Crippen LogP contribution in [0.15, 0.2) is 29.4 Å². The van der Waals surface area contributed by atoms with Gasteiger partial charge in [0, 0.05) is 25.3 Å². The van der Waals surface area contributed by atoms with Crippen molar-refractivity contribution in [2.75, 3.05) is 26.0 Å². The second kappa shape index (κ2) is 11.0. The molecule has 1 aliphatic rings. The maximum atomic E-state index is 12.2. The third kappa shape index (κ3) is 6.32. The van der Waals surface area contributed by atoms with E-state index in [9.17, 15) is 9.59 Å². The highest BCUT2D eigenvalue weighted by Crippen LogP contribution is 2.37. The van der Waals surface area contributed by atoms with Gasteiger partial charge in [-0.15, -0.1) is 10.2 Å². The molecule has 32 heavy (non-hydrogen) atoms. The van der Waals surface area contributed by atoms with Gasteiger partial charge in [-0.25, -0.2) is 4.79 Å². The molecule has 2 aromatic rings. The molecule has 1 aliphatic carbocycles. The van der Waals surface area contributed by atoms with E-state index < -0.39 is 6.03 Å². The highest BCUT2D eigenvalue weighted by Gasteiger charge is 2.26. The normalized spacial score (nSPS) is 14.5. The van der Waals surface area contributed by atoms with Gasteiger partial charge in [-0.2, -0.15) is 0 Å². The Labute approximate surface area is 193 Å². The predicted octanol–water partition coefficient (Wildman–Crippen LogP) is 3.92. The molecule has 9 heteroatoms. The lowest BCUT2D eigenvalue weighted by atomic mass is 9.86. The van der Waals surface area contributed by atoms with Gasteiger partial charge in [-0.1, -0.05) is 69.6 Å². The summed E-state index contributed by atoms with van der Waals surface area (Å²) >= 11 is 1.31. The molecule has 0 aliphatic heterocycles. The van der Waals surface area contributed by atoms with Crippen LogP contribution in [-0.2, 0) is 14.9 Å². The first kappa shape index (κ1) is 24.3. The lowest BCUT2D eigenvalue weighted by Gasteiger charge is -2.20. The van der Waals surface area contributed by atoms with Crippen LogP contribution >= 0.6 is 11.8 Å². The number of hydrogen-bond acceptors (Lipinski definition) is 6. The number of urea groups is 1. The Morgan fingerprint density at radius 3 is 2.47 bits per heavy atom. The summed E-state index contributed by atoms with van der Waals surface area (Å²) in [4.78, 5) is 24.0. The summed E-state index contributed by atoms with van der Waals surface area (Å²) in [7, 11) is 1.55. The molecule has 0 unspecified atom stereocenters. The molecule has 0 saturated heterocycles. The van der Waals surface area contributed by atoms with Gasteiger partial charge in [-0.05, 0) is 23.8 Å². The Bertz CT molecular complexity index is 915. The van der Waals surface area contributed by atoms with Crippen molar-refractivity contribution in [3.05, 3.63) is 29.8 Å². The summed E-state index contributed by atoms with van der Waals surface area (Å²) < 4.78 is 7.05. The summed E-state index contributed by atoms with van der Waals surface area (Å²) in [5.74, 6) is 0.547. The molecular formula is C23H33N5O3S. The third-order valence-electron chi connectivity index (χ3n) is 5.54. The Morgan fingerprint density at radius 1 is 1.16 bits per heavy atom. The van der Waals surface area contributed by atoms with Crippen LogP contribution in [0.4, 0.5) is 4.79 Å². The molecule has 174 valence electrons. The molecule has 1 fully saturated rings. The number of ether oxygens (including phenoxy) is 1. The van der Waals surface area contributed by atoms with Gasteiger partial charge < -0.3 is 10.1 Å². The molecule has 8 nitrogen and oxygen atoms in total. The molecular weight excluding hydrogens is 426 g/mol. The van der Waals surface area contributed by atoms with Gasteiger partial charge in [0.25, 0.3) is 0 Å². The van der Waals surface area contributed by atoms with Crippen LogP contribution < -0.4 is 10.6 Å². The van der Waals surface area contributed by atoms with Crippen molar-refractivity contribution in [3.8, 4) is 11.4 Å². The summed E-state index contributed by atoms with van der Waals surface area (Å²) in [6.45, 7) is 7.32. The zero-order chi connectivity index (χ0) is 23.1. The van der Waals surface area contributed by atoms with Gasteiger partial charge in [-0.3, -0.25) is 14.7 Å². The monoisotopic (exact) mass is 459 g/mol. The van der Waals surface area contributed by atoms with E-state index in [1.54, 1.807) is 7.11 Å². The first-order chi connectivity index (χ1) is 15.3. The van der Waals surface area contributed by atoms with Crippen molar-refractivity contribution in [1.29, 1.82) is 0 Å². The van der Waals surface area contributed by atoms with E-state index in [-0.39, 0.29) is 17.1 Å². The smallest absolute Gasteiger partial charge is 0.321 e. The fourth-order valence-electron chi connectivity index (χ4n) is 3.79. The van der Waals surface area contributed by atoms with E-state index in [1.165, 1.54) is 30.2 Å². The Hall–Kier alpha value is -2.39. The number of rotatable bonds is 8. The number of benzene rings is 1. The Kier molecular flexibility index (Phi) is 8.31. The second-order valence-electron chi connectivity index (χ2n) is 9.03. The third-order valence-corrected chi connectivity index (χ3v) is 6.48. The van der Waals surface area contributed by atoms with Gasteiger partial charge in [0.15, 0.2) is 11.0 Å². The minimum atomic E-state index is -0.524. The maximum Gasteiger partial charge on any atom is 0.321 e. The van der Waals surface area contributed by atoms with Crippen molar-refractivity contribution in [3.63, 3.8) is 0 Å². The molecule has 3 amide bonds. The van der Waals surface area contributed by atoms with Crippen molar-refractivity contribution in [2.45, 2.75) is 63.1 Å². The van der Waals surface area contributed by atoms with Crippen molar-refractivity contribution in [2.24, 2.45) is 0 Å². The van der Waals surface area contributed by atoms with Crippen LogP contribution in [0.5, 0.6) is 0 Å². The van der Waals surface area contributed by atoms with E-state index in [0.717, 1.165) is 24.2 Å². The van der Waals surface area contributed by atoms with Crippen LogP contribution in [0.2, 0.25) is 0 Å². The van der Waals surface area contributed by atoms with Gasteiger partial charge in [0.2, 0.25) is 5.91 Å². The lowest BCUT2D eigenvalue weighted by Crippen LogP contribution is -2.41. The molecule has 1 saturated carbocycles. The quantitative estimate of drug-likeness (QED) is 0.459. The average molecular weight is 460 g/mol. The van der Waals surface area contributed by atoms with E-state index in [4.69, 9.17) is 4.74 Å². The molecule has 0 spiro atoms. The number of aromatic nitrogens is 3. The van der Waals surface area contributed by atoms with Crippen molar-refractivity contribution < 1.29 is 14.3 Å². The summed E-state index contributed by atoms with van der Waals surface area (Å²) in [6.07, 6.45) is 4.51. The molecule has 3 rings (SSSR count). The van der Waals surface area contributed by atoms with E-state index >= 15 is 0 Å². The standard InChI is InChI=1S/C23H33N5O3S/c1-23(2,3)17-11-9-16(10-12-17)20-26-27-22(28(20)18-7-5-6-8-18)32-15-19(29)25-21(30)24-13-14-31-4/h9-12,18H,5-8,13-15H2,1-4H3,(H2,24,25,29,30). The van der Waals surface area contributed by atoms with Gasteiger partial charge >= 0.3 is 6.03 Å². The largest absolute Gasteiger partial charge is 0.383 e. The van der Waals surface area contributed by atoms with E-state index in [0.29, 0.717) is 24.3 Å². The zero-order valence-corrected chi connectivity index (χ0v) is 20.1. The number of amides is 3. The number of nitrogens with one attached hydrogen (secondary N) is 2. The fourth-order valence-corrected chi connectivity index (χ4v) is 4.59. The Morgan fingerprint density at radius 2 is 1.84 bits per heavy atom. The zero-order valence-electron chi connectivity index (χ0n) is 19.3. The highest BCUT2D eigenvalue weighted by molar-refractivity contribution is 7.99. The molecule has 1 aromatic carbocycles. The number of carbonyl (C=O) groups excluding carboxylic acids is 2. The van der Waals surface area contributed by atoms with Crippen molar-refractivity contribution in [1.82, 2.24) is 25.4 Å². The number of imide groups is 1. The Balaban J connectivity index is 1.72. The summed E-state index contributed by atoms with van der Waals surface area (Å²) in [5.41, 5.74) is 2.37. The van der Waals surface area contributed by atoms with Gasteiger partial charge in [0.1, 0.15) is 0 Å². The topological polar surface area (TPSA) is 98.1 Å². The van der Waals surface area contributed by atoms with Crippen LogP contribution in [0.3, 0.4) is 0 Å². The second-order valence-corrected chi connectivity index (χ2v) is 9.97. The summed E-state index contributed by atoms with van der Waals surface area (Å²) in [6, 6.07) is 8.29. The van der Waals surface area contributed by atoms with Crippen LogP contribution in [-0.4, -0.2) is 52.7 Å². The number of methoxy groups -OCH3 is 1. The van der Waals surface area contributed by atoms with E-state index in [1.807, 2.05) is 0 Å². The van der Waals surface area contributed by atoms with E-state index in [2.05, 4.69) is 70.4 Å². The molecule has 0 atom stereocenters. The predicted molar refractivity (Wildman–Crippen MR) is 126 cm³/mol. The number of carbonyl (C=O) groups is 2. The minimum absolute atomic E-state index is 0.0852. The minimum Gasteiger partial charge on any atom is -0.383 e. The fraction of sp³-hybridized carbons (Fsp3) is 0.565. The van der Waals surface area contributed by atoms with Crippen molar-refractivity contribution >= 4 is 23.7 Å². The lowest BCUT2D eigenvalue weighted by molar-refractivity contribution is -0.117. The SMILES string of the molecule is COCCNC(=O)NC(=O)CSc1nnc(-c2ccc(C(C)(C)C)cc2)n1C1CCCC1. The van der Waals surface area contributed by atoms with Gasteiger partial charge in [0.05, 0.1) is 12.4 Å². The first-order valence-electron chi connectivity index (χ1n) is 11.0. The molecule has 0 bridgehead atoms. The first-order valence-corrected chi connectivity index (χ1v) is 12.0. The molecule has 1 heterocycles. The van der Waals surface area contributed by atoms with Crippen LogP contribution in [0.1, 0.15) is 58.1 Å². The number of hydrogen-bond donors (Lipinski definition) is 2. The number of nitrogens with zero attached hydrogens (tertiary/aromatic N) is 3. The number of thioether (sulfide) groups is 1. The van der Waals surface area contributed by atoms with Crippen LogP contribution in [0, 0.1) is 0 Å². The van der Waals surface area contributed by atoms with Crippen LogP contribution in [0.25, 0.3) is 11.4 Å². The summed E-state index contributed by atoms with van der Waals surface area (Å²) in [5, 5.41) is 14.5.